The minimum atomic E-state index is -0.258. The highest BCUT2D eigenvalue weighted by atomic mass is 35.5. The molecule has 3 fully saturated rings. The van der Waals surface area contributed by atoms with Crippen LogP contribution in [0.3, 0.4) is 0 Å². The number of benzene rings is 1. The van der Waals surface area contributed by atoms with Crippen LogP contribution in [-0.4, -0.2) is 37.2 Å². The van der Waals surface area contributed by atoms with Gasteiger partial charge in [-0.1, -0.05) is 11.6 Å². The predicted octanol–water partition coefficient (Wildman–Crippen LogP) is 4.77. The normalized spacial score (nSPS) is 24.0. The van der Waals surface area contributed by atoms with Crippen LogP contribution in [0.4, 0.5) is 11.5 Å². The Bertz CT molecular complexity index is 1070. The van der Waals surface area contributed by atoms with E-state index in [1.807, 2.05) is 19.1 Å². The average Bonchev–Trinajstić information content (AvgIpc) is 3.47. The molecule has 1 aromatic heterocycles. The summed E-state index contributed by atoms with van der Waals surface area (Å²) in [5.41, 5.74) is 0.860. The van der Waals surface area contributed by atoms with E-state index in [2.05, 4.69) is 27.3 Å². The summed E-state index contributed by atoms with van der Waals surface area (Å²) in [5.74, 6) is 0.711. The van der Waals surface area contributed by atoms with Crippen molar-refractivity contribution in [3.05, 3.63) is 29.4 Å². The summed E-state index contributed by atoms with van der Waals surface area (Å²) in [5, 5.41) is 15.0. The minimum absolute atomic E-state index is 0.0646. The summed E-state index contributed by atoms with van der Waals surface area (Å²) < 4.78 is 5.45. The maximum Gasteiger partial charge on any atom is 0.229 e. The van der Waals surface area contributed by atoms with E-state index in [9.17, 15) is 10.1 Å². The van der Waals surface area contributed by atoms with Gasteiger partial charge in [0.05, 0.1) is 22.2 Å². The number of nitriles is 1. The van der Waals surface area contributed by atoms with E-state index in [1.165, 1.54) is 0 Å². The number of carbonyl (C=O) groups excluding carboxylic acids is 1. The van der Waals surface area contributed by atoms with Gasteiger partial charge in [-0.05, 0) is 68.0 Å². The molecule has 7 heteroatoms. The van der Waals surface area contributed by atoms with Crippen molar-refractivity contribution in [2.75, 3.05) is 36.5 Å². The zero-order chi connectivity index (χ0) is 21.6. The summed E-state index contributed by atoms with van der Waals surface area (Å²) in [6.45, 7) is 5.14. The van der Waals surface area contributed by atoms with Crippen molar-refractivity contribution >= 4 is 39.8 Å². The first-order valence-electron chi connectivity index (χ1n) is 11.1. The van der Waals surface area contributed by atoms with Crippen LogP contribution in [0.5, 0.6) is 0 Å². The molecule has 0 bridgehead atoms. The number of nitrogens with one attached hydrogen (secondary N) is 1. The molecule has 1 N–H and O–H groups in total. The number of hydrogen-bond donors (Lipinski definition) is 1. The lowest BCUT2D eigenvalue weighted by Crippen LogP contribution is -2.38. The van der Waals surface area contributed by atoms with E-state index >= 15 is 0 Å². The van der Waals surface area contributed by atoms with Gasteiger partial charge in [0, 0.05) is 43.8 Å². The highest BCUT2D eigenvalue weighted by molar-refractivity contribution is 6.34. The lowest BCUT2D eigenvalue weighted by molar-refractivity contribution is -0.118. The fraction of sp³-hybridized carbons (Fsp3) is 0.542. The van der Waals surface area contributed by atoms with Crippen molar-refractivity contribution in [2.24, 2.45) is 16.7 Å². The Hall–Kier alpha value is -2.36. The number of fused-ring (bicyclic) bond motifs is 1. The fourth-order valence-electron chi connectivity index (χ4n) is 5.08. The van der Waals surface area contributed by atoms with Crippen LogP contribution in [-0.2, 0) is 9.53 Å². The molecule has 1 amide bonds. The van der Waals surface area contributed by atoms with Crippen molar-refractivity contribution < 1.29 is 9.53 Å². The third-order valence-electron chi connectivity index (χ3n) is 7.51. The highest BCUT2D eigenvalue weighted by Gasteiger charge is 2.58. The molecule has 1 spiro atoms. The molecule has 1 atom stereocenters. The Morgan fingerprint density at radius 1 is 1.23 bits per heavy atom. The van der Waals surface area contributed by atoms with E-state index in [0.29, 0.717) is 10.8 Å². The molecular formula is C24H27ClN4O2. The molecule has 31 heavy (non-hydrogen) atoms. The second-order valence-electron chi connectivity index (χ2n) is 9.60. The van der Waals surface area contributed by atoms with Crippen LogP contribution in [0.2, 0.25) is 5.02 Å². The highest BCUT2D eigenvalue weighted by Crippen LogP contribution is 2.59. The van der Waals surface area contributed by atoms with Gasteiger partial charge in [-0.25, -0.2) is 4.98 Å². The van der Waals surface area contributed by atoms with Crippen molar-refractivity contribution in [3.8, 4) is 6.07 Å². The monoisotopic (exact) mass is 438 g/mol. The van der Waals surface area contributed by atoms with Gasteiger partial charge in [0.25, 0.3) is 0 Å². The second-order valence-corrected chi connectivity index (χ2v) is 10.0. The zero-order valence-electron chi connectivity index (χ0n) is 17.8. The van der Waals surface area contributed by atoms with Crippen molar-refractivity contribution in [1.82, 2.24) is 4.98 Å². The van der Waals surface area contributed by atoms with Crippen LogP contribution < -0.4 is 10.2 Å². The largest absolute Gasteiger partial charge is 0.381 e. The molecule has 6 nitrogen and oxygen atoms in total. The third-order valence-corrected chi connectivity index (χ3v) is 7.81. The summed E-state index contributed by atoms with van der Waals surface area (Å²) in [7, 11) is 0. The topological polar surface area (TPSA) is 78.2 Å². The van der Waals surface area contributed by atoms with Crippen LogP contribution in [0.25, 0.3) is 10.8 Å². The zero-order valence-corrected chi connectivity index (χ0v) is 18.5. The number of rotatable bonds is 3. The number of carbonyl (C=O) groups is 1. The molecule has 2 aliphatic heterocycles. The Labute approximate surface area is 187 Å². The molecule has 5 rings (SSSR count). The molecule has 1 saturated carbocycles. The number of halogens is 1. The maximum atomic E-state index is 12.8. The van der Waals surface area contributed by atoms with Crippen LogP contribution in [0, 0.1) is 28.1 Å². The maximum absolute atomic E-state index is 12.8. The number of aromatic nitrogens is 1. The van der Waals surface area contributed by atoms with Crippen LogP contribution in [0.15, 0.2) is 24.4 Å². The van der Waals surface area contributed by atoms with Gasteiger partial charge in [0.1, 0.15) is 5.82 Å². The molecule has 1 aliphatic carbocycles. The lowest BCUT2D eigenvalue weighted by atomic mass is 9.82. The number of nitrogens with zero attached hydrogens (tertiary/aromatic N) is 3. The predicted molar refractivity (Wildman–Crippen MR) is 121 cm³/mol. The van der Waals surface area contributed by atoms with E-state index < -0.39 is 0 Å². The number of anilines is 2. The number of pyridine rings is 1. The quantitative estimate of drug-likeness (QED) is 0.746. The van der Waals surface area contributed by atoms with E-state index in [4.69, 9.17) is 16.3 Å². The van der Waals surface area contributed by atoms with Crippen molar-refractivity contribution in [3.63, 3.8) is 0 Å². The van der Waals surface area contributed by atoms with E-state index in [0.717, 1.165) is 74.9 Å². The lowest BCUT2D eigenvalue weighted by Gasteiger charge is -2.36. The first kappa shape index (κ1) is 20.5. The summed E-state index contributed by atoms with van der Waals surface area (Å²) >= 11 is 6.58. The fourth-order valence-corrected chi connectivity index (χ4v) is 5.37. The molecular weight excluding hydrogens is 412 g/mol. The number of piperidine rings is 1. The van der Waals surface area contributed by atoms with E-state index in [-0.39, 0.29) is 22.7 Å². The van der Waals surface area contributed by atoms with Crippen LogP contribution >= 0.6 is 11.6 Å². The smallest absolute Gasteiger partial charge is 0.229 e. The first-order chi connectivity index (χ1) is 14.9. The van der Waals surface area contributed by atoms with Gasteiger partial charge in [0.15, 0.2) is 0 Å². The first-order valence-corrected chi connectivity index (χ1v) is 11.4. The molecule has 3 heterocycles. The summed E-state index contributed by atoms with van der Waals surface area (Å²) in [6, 6.07) is 8.37. The van der Waals surface area contributed by atoms with Gasteiger partial charge in [0.2, 0.25) is 5.91 Å². The molecule has 0 unspecified atom stereocenters. The Morgan fingerprint density at radius 2 is 1.97 bits per heavy atom. The molecule has 0 radical (unpaired) electrons. The number of ether oxygens (including phenoxy) is 1. The van der Waals surface area contributed by atoms with Crippen LogP contribution in [0.1, 0.15) is 39.0 Å². The SMILES string of the molecule is CC1(C#N)CCN(c2cc3cc(NC(=O)[C@H]4CC45CCOCC5)ncc3cc2Cl)CC1. The Balaban J connectivity index is 1.33. The molecule has 3 aliphatic rings. The van der Waals surface area contributed by atoms with Gasteiger partial charge < -0.3 is 15.0 Å². The summed E-state index contributed by atoms with van der Waals surface area (Å²) in [4.78, 5) is 19.5. The molecule has 162 valence electrons. The Morgan fingerprint density at radius 3 is 2.68 bits per heavy atom. The minimum Gasteiger partial charge on any atom is -0.381 e. The molecule has 1 aromatic carbocycles. The summed E-state index contributed by atoms with van der Waals surface area (Å²) in [6.07, 6.45) is 6.30. The Kier molecular flexibility index (Phi) is 5.07. The van der Waals surface area contributed by atoms with Gasteiger partial charge in [-0.15, -0.1) is 0 Å². The van der Waals surface area contributed by atoms with Crippen molar-refractivity contribution in [1.29, 1.82) is 5.26 Å². The number of amides is 1. The van der Waals surface area contributed by atoms with Gasteiger partial charge in [-0.3, -0.25) is 4.79 Å². The molecule has 2 aromatic rings. The average molecular weight is 439 g/mol. The third kappa shape index (κ3) is 3.86. The molecule has 2 saturated heterocycles. The number of hydrogen-bond acceptors (Lipinski definition) is 5. The van der Waals surface area contributed by atoms with Crippen molar-refractivity contribution in [2.45, 2.75) is 39.0 Å². The standard InChI is InChI=1S/C24H27ClN4O2/c1-23(15-26)2-6-29(7-3-23)20-11-16-12-21(27-14-17(16)10-19(20)25)28-22(30)18-13-24(18)4-8-31-9-5-24/h10-12,14,18H,2-9,13H2,1H3,(H,27,28,30)/t18-/m1/s1. The van der Waals surface area contributed by atoms with Gasteiger partial charge in [-0.2, -0.15) is 5.26 Å². The van der Waals surface area contributed by atoms with Gasteiger partial charge >= 0.3 is 0 Å². The van der Waals surface area contributed by atoms with E-state index in [1.54, 1.807) is 6.20 Å². The second kappa shape index (κ2) is 7.65.